The van der Waals surface area contributed by atoms with Gasteiger partial charge in [-0.25, -0.2) is 0 Å². The maximum Gasteiger partial charge on any atom is 0.249 e. The molecule has 2 nitrogen and oxygen atoms in total. The normalized spacial score (nSPS) is 14.4. The molecule has 3 rings (SSSR count). The van der Waals surface area contributed by atoms with E-state index in [9.17, 15) is 4.79 Å². The van der Waals surface area contributed by atoms with Crippen molar-refractivity contribution in [2.45, 2.75) is 18.8 Å². The average molecular weight is 237 g/mol. The number of amides is 1. The molecule has 2 aromatic rings. The van der Waals surface area contributed by atoms with E-state index in [1.54, 1.807) is 6.07 Å². The van der Waals surface area contributed by atoms with Crippen LogP contribution in [0.2, 0.25) is 0 Å². The Hall–Kier alpha value is -2.09. The Labute approximate surface area is 106 Å². The largest absolute Gasteiger partial charge is 0.366 e. The van der Waals surface area contributed by atoms with Gasteiger partial charge in [-0.05, 0) is 41.5 Å². The second-order valence-corrected chi connectivity index (χ2v) is 4.81. The maximum atomic E-state index is 11.4. The molecule has 1 aliphatic rings. The average Bonchev–Trinajstić information content (AvgIpc) is 3.23. The Morgan fingerprint density at radius 1 is 1.00 bits per heavy atom. The summed E-state index contributed by atoms with van der Waals surface area (Å²) in [4.78, 5) is 11.4. The third-order valence-electron chi connectivity index (χ3n) is 3.46. The Morgan fingerprint density at radius 3 is 2.28 bits per heavy atom. The predicted octanol–water partition coefficient (Wildman–Crippen LogP) is 3.33. The van der Waals surface area contributed by atoms with E-state index in [0.717, 1.165) is 17.0 Å². The van der Waals surface area contributed by atoms with Crippen molar-refractivity contribution in [3.63, 3.8) is 0 Å². The molecule has 0 aliphatic heterocycles. The van der Waals surface area contributed by atoms with Gasteiger partial charge in [-0.15, -0.1) is 0 Å². The Bertz CT molecular complexity index is 582. The minimum Gasteiger partial charge on any atom is -0.366 e. The van der Waals surface area contributed by atoms with Gasteiger partial charge in [-0.2, -0.15) is 0 Å². The summed E-state index contributed by atoms with van der Waals surface area (Å²) < 4.78 is 0. The van der Waals surface area contributed by atoms with Gasteiger partial charge in [0.25, 0.3) is 0 Å². The molecule has 0 spiro atoms. The monoisotopic (exact) mass is 237 g/mol. The Kier molecular flexibility index (Phi) is 2.63. The van der Waals surface area contributed by atoms with Gasteiger partial charge in [-0.3, -0.25) is 4.79 Å². The number of nitrogens with two attached hydrogens (primary N) is 1. The first kappa shape index (κ1) is 11.0. The first-order valence-electron chi connectivity index (χ1n) is 6.25. The fraction of sp³-hybridized carbons (Fsp3) is 0.188. The highest BCUT2D eigenvalue weighted by Crippen LogP contribution is 2.40. The highest BCUT2D eigenvalue weighted by molar-refractivity contribution is 5.99. The van der Waals surface area contributed by atoms with Crippen molar-refractivity contribution >= 4 is 5.91 Å². The summed E-state index contributed by atoms with van der Waals surface area (Å²) >= 11 is 0. The molecular formula is C16H15NO. The van der Waals surface area contributed by atoms with Crippen LogP contribution in [0.25, 0.3) is 11.1 Å². The number of carbonyl (C=O) groups is 1. The number of carbonyl (C=O) groups excluding carboxylic acids is 1. The van der Waals surface area contributed by atoms with Gasteiger partial charge in [0.05, 0.1) is 0 Å². The van der Waals surface area contributed by atoms with E-state index >= 15 is 0 Å². The summed E-state index contributed by atoms with van der Waals surface area (Å²) in [6.07, 6.45) is 2.61. The summed E-state index contributed by atoms with van der Waals surface area (Å²) in [5, 5.41) is 0. The topological polar surface area (TPSA) is 43.1 Å². The molecule has 1 aliphatic carbocycles. The lowest BCUT2D eigenvalue weighted by Crippen LogP contribution is -2.12. The van der Waals surface area contributed by atoms with Crippen LogP contribution >= 0.6 is 0 Å². The van der Waals surface area contributed by atoms with Crippen molar-refractivity contribution < 1.29 is 4.79 Å². The molecule has 0 aromatic heterocycles. The van der Waals surface area contributed by atoms with E-state index in [1.165, 1.54) is 18.4 Å². The molecule has 1 fully saturated rings. The first-order valence-corrected chi connectivity index (χ1v) is 6.25. The molecular weight excluding hydrogens is 222 g/mol. The number of rotatable bonds is 3. The zero-order chi connectivity index (χ0) is 12.5. The Morgan fingerprint density at radius 2 is 1.67 bits per heavy atom. The standard InChI is InChI=1S/C16H15NO/c17-16(18)15-4-2-1-3-14(15)13-9-7-12(8-10-13)11-5-6-11/h1-4,7-11H,5-6H2,(H2,17,18). The molecule has 0 radical (unpaired) electrons. The molecule has 1 amide bonds. The lowest BCUT2D eigenvalue weighted by atomic mass is 9.97. The molecule has 0 heterocycles. The van der Waals surface area contributed by atoms with Crippen LogP contribution in [-0.4, -0.2) is 5.91 Å². The van der Waals surface area contributed by atoms with E-state index in [2.05, 4.69) is 24.3 Å². The summed E-state index contributed by atoms with van der Waals surface area (Å²) in [5.74, 6) is 0.377. The molecule has 90 valence electrons. The van der Waals surface area contributed by atoms with Crippen LogP contribution in [0.15, 0.2) is 48.5 Å². The summed E-state index contributed by atoms with van der Waals surface area (Å²) in [7, 11) is 0. The zero-order valence-corrected chi connectivity index (χ0v) is 10.1. The van der Waals surface area contributed by atoms with Crippen LogP contribution < -0.4 is 5.73 Å². The molecule has 0 bridgehead atoms. The molecule has 0 unspecified atom stereocenters. The highest BCUT2D eigenvalue weighted by atomic mass is 16.1. The van der Waals surface area contributed by atoms with Gasteiger partial charge < -0.3 is 5.73 Å². The zero-order valence-electron chi connectivity index (χ0n) is 10.1. The third kappa shape index (κ3) is 2.02. The number of hydrogen-bond acceptors (Lipinski definition) is 1. The van der Waals surface area contributed by atoms with Crippen molar-refractivity contribution in [2.75, 3.05) is 0 Å². The van der Waals surface area contributed by atoms with Gasteiger partial charge in [0.15, 0.2) is 0 Å². The fourth-order valence-corrected chi connectivity index (χ4v) is 2.30. The van der Waals surface area contributed by atoms with E-state index in [0.29, 0.717) is 5.56 Å². The van der Waals surface area contributed by atoms with Crippen LogP contribution in [0.3, 0.4) is 0 Å². The quantitative estimate of drug-likeness (QED) is 0.874. The van der Waals surface area contributed by atoms with Crippen LogP contribution in [0, 0.1) is 0 Å². The molecule has 0 saturated heterocycles. The minimum atomic E-state index is -0.378. The number of primary amides is 1. The van der Waals surface area contributed by atoms with E-state index in [4.69, 9.17) is 5.73 Å². The van der Waals surface area contributed by atoms with E-state index in [1.807, 2.05) is 18.2 Å². The van der Waals surface area contributed by atoms with E-state index in [-0.39, 0.29) is 5.91 Å². The van der Waals surface area contributed by atoms with Gasteiger partial charge in [-0.1, -0.05) is 42.5 Å². The molecule has 0 atom stereocenters. The molecule has 1 saturated carbocycles. The van der Waals surface area contributed by atoms with Crippen LogP contribution in [0.4, 0.5) is 0 Å². The summed E-state index contributed by atoms with van der Waals surface area (Å²) in [5.41, 5.74) is 9.34. The van der Waals surface area contributed by atoms with Crippen LogP contribution in [0.1, 0.15) is 34.7 Å². The smallest absolute Gasteiger partial charge is 0.249 e. The SMILES string of the molecule is NC(=O)c1ccccc1-c1ccc(C2CC2)cc1. The predicted molar refractivity (Wildman–Crippen MR) is 72.4 cm³/mol. The maximum absolute atomic E-state index is 11.4. The second-order valence-electron chi connectivity index (χ2n) is 4.81. The summed E-state index contributed by atoms with van der Waals surface area (Å²) in [6, 6.07) is 15.9. The lowest BCUT2D eigenvalue weighted by molar-refractivity contribution is 0.100. The van der Waals surface area contributed by atoms with Gasteiger partial charge in [0, 0.05) is 5.56 Å². The Balaban J connectivity index is 2.01. The van der Waals surface area contributed by atoms with Crippen molar-refractivity contribution in [2.24, 2.45) is 5.73 Å². The van der Waals surface area contributed by atoms with Crippen molar-refractivity contribution in [3.05, 3.63) is 59.7 Å². The van der Waals surface area contributed by atoms with Gasteiger partial charge >= 0.3 is 0 Å². The van der Waals surface area contributed by atoms with Gasteiger partial charge in [0.1, 0.15) is 0 Å². The first-order chi connectivity index (χ1) is 8.75. The molecule has 2 heteroatoms. The number of benzene rings is 2. The van der Waals surface area contributed by atoms with E-state index < -0.39 is 0 Å². The molecule has 18 heavy (non-hydrogen) atoms. The fourth-order valence-electron chi connectivity index (χ4n) is 2.30. The second kappa shape index (κ2) is 4.30. The summed E-state index contributed by atoms with van der Waals surface area (Å²) in [6.45, 7) is 0. The lowest BCUT2D eigenvalue weighted by Gasteiger charge is -2.07. The van der Waals surface area contributed by atoms with Crippen LogP contribution in [0.5, 0.6) is 0 Å². The van der Waals surface area contributed by atoms with Crippen LogP contribution in [-0.2, 0) is 0 Å². The minimum absolute atomic E-state index is 0.378. The van der Waals surface area contributed by atoms with Crippen molar-refractivity contribution in [1.82, 2.24) is 0 Å². The number of hydrogen-bond donors (Lipinski definition) is 1. The van der Waals surface area contributed by atoms with Gasteiger partial charge in [0.2, 0.25) is 5.91 Å². The van der Waals surface area contributed by atoms with Crippen molar-refractivity contribution in [1.29, 1.82) is 0 Å². The highest BCUT2D eigenvalue weighted by Gasteiger charge is 2.23. The van der Waals surface area contributed by atoms with Crippen molar-refractivity contribution in [3.8, 4) is 11.1 Å². The molecule has 2 aromatic carbocycles. The third-order valence-corrected chi connectivity index (χ3v) is 3.46. The molecule has 2 N–H and O–H groups in total.